The molecule has 0 N–H and O–H groups in total. The summed E-state index contributed by atoms with van der Waals surface area (Å²) in [6.45, 7) is 8.43. The molecule has 4 rings (SSSR count). The average Bonchev–Trinajstić information content (AvgIpc) is 3.21. The van der Waals surface area contributed by atoms with Gasteiger partial charge in [0.2, 0.25) is 5.91 Å². The van der Waals surface area contributed by atoms with Crippen LogP contribution in [0.15, 0.2) is 45.6 Å². The number of carbonyl (C=O) groups excluding carboxylic acids is 2. The highest BCUT2D eigenvalue weighted by molar-refractivity contribution is 8.16. The van der Waals surface area contributed by atoms with Crippen molar-refractivity contribution in [3.8, 4) is 0 Å². The molecule has 1 unspecified atom stereocenters. The zero-order valence-corrected chi connectivity index (χ0v) is 19.8. The van der Waals surface area contributed by atoms with Gasteiger partial charge in [-0.25, -0.2) is 9.79 Å². The third-order valence-electron chi connectivity index (χ3n) is 6.05. The van der Waals surface area contributed by atoms with E-state index >= 15 is 0 Å². The van der Waals surface area contributed by atoms with Crippen molar-refractivity contribution in [2.24, 2.45) is 4.99 Å². The molecule has 1 fully saturated rings. The number of nitrogens with zero attached hydrogens (tertiary/aromatic N) is 3. The number of aliphatic imine (C=N–C) groups is 1. The van der Waals surface area contributed by atoms with Crippen LogP contribution in [0.4, 0.5) is 0 Å². The molecule has 0 aromatic heterocycles. The van der Waals surface area contributed by atoms with Crippen LogP contribution < -0.4 is 0 Å². The largest absolute Gasteiger partial charge is 0.466 e. The van der Waals surface area contributed by atoms with Gasteiger partial charge in [0.15, 0.2) is 5.17 Å². The summed E-state index contributed by atoms with van der Waals surface area (Å²) in [5.74, 6) is -0.322. The molecule has 1 atom stereocenters. The number of hydrogen-bond acceptors (Lipinski definition) is 7. The molecule has 3 heterocycles. The van der Waals surface area contributed by atoms with E-state index < -0.39 is 0 Å². The van der Waals surface area contributed by atoms with Gasteiger partial charge in [-0.15, -0.1) is 0 Å². The molecule has 1 aromatic carbocycles. The topological polar surface area (TPSA) is 71.4 Å². The Hall–Kier alpha value is -2.58. The van der Waals surface area contributed by atoms with E-state index in [0.717, 1.165) is 33.3 Å². The van der Waals surface area contributed by atoms with Crippen LogP contribution in [0.5, 0.6) is 0 Å². The van der Waals surface area contributed by atoms with E-state index in [1.807, 2.05) is 31.1 Å². The van der Waals surface area contributed by atoms with Crippen LogP contribution in [-0.4, -0.2) is 60.3 Å². The number of amides is 1. The second-order valence-corrected chi connectivity index (χ2v) is 8.97. The molecule has 1 saturated heterocycles. The number of allylic oxidation sites excluding steroid dienone is 1. The molecule has 0 radical (unpaired) electrons. The molecule has 0 bridgehead atoms. The molecule has 0 spiro atoms. The van der Waals surface area contributed by atoms with E-state index in [4.69, 9.17) is 14.5 Å². The quantitative estimate of drug-likeness (QED) is 0.631. The Morgan fingerprint density at radius 3 is 2.69 bits per heavy atom. The summed E-state index contributed by atoms with van der Waals surface area (Å²) in [6, 6.07) is 5.87. The first-order chi connectivity index (χ1) is 15.4. The molecule has 1 amide bonds. The fourth-order valence-corrected chi connectivity index (χ4v) is 5.28. The van der Waals surface area contributed by atoms with Gasteiger partial charge in [-0.1, -0.05) is 42.4 Å². The maximum absolute atomic E-state index is 13.0. The van der Waals surface area contributed by atoms with Gasteiger partial charge < -0.3 is 19.3 Å². The van der Waals surface area contributed by atoms with Crippen molar-refractivity contribution < 1.29 is 19.1 Å². The molecular formula is C24H29N3O4S. The van der Waals surface area contributed by atoms with Crippen LogP contribution in [0, 0.1) is 13.8 Å². The summed E-state index contributed by atoms with van der Waals surface area (Å²) in [7, 11) is 1.40. The summed E-state index contributed by atoms with van der Waals surface area (Å²) >= 11 is 1.50. The van der Waals surface area contributed by atoms with Gasteiger partial charge in [-0.3, -0.25) is 4.79 Å². The number of benzene rings is 1. The number of thioether (sulfide) groups is 1. The predicted octanol–water partition coefficient (Wildman–Crippen LogP) is 3.69. The summed E-state index contributed by atoms with van der Waals surface area (Å²) in [6.07, 6.45) is 0.870. The number of ether oxygens (including phenoxy) is 2. The van der Waals surface area contributed by atoms with Gasteiger partial charge in [-0.05, 0) is 36.8 Å². The fourth-order valence-electron chi connectivity index (χ4n) is 4.34. The van der Waals surface area contributed by atoms with Crippen molar-refractivity contribution in [1.82, 2.24) is 9.80 Å². The number of aryl methyl sites for hydroxylation is 2. The van der Waals surface area contributed by atoms with Crippen molar-refractivity contribution in [3.63, 3.8) is 0 Å². The zero-order valence-electron chi connectivity index (χ0n) is 19.0. The molecule has 32 heavy (non-hydrogen) atoms. The minimum absolute atomic E-state index is 0.0611. The van der Waals surface area contributed by atoms with Crippen LogP contribution >= 0.6 is 11.8 Å². The lowest BCUT2D eigenvalue weighted by Crippen LogP contribution is -2.42. The highest BCUT2D eigenvalue weighted by Gasteiger charge is 2.42. The zero-order chi connectivity index (χ0) is 22.8. The lowest BCUT2D eigenvalue weighted by atomic mass is 9.89. The average molecular weight is 456 g/mol. The molecule has 1 aromatic rings. The highest BCUT2D eigenvalue weighted by atomic mass is 32.2. The standard InChI is InChI=1S/C24H29N3O4S/c1-5-19-21(23(29)30-4)22(18-12-15(2)6-7-16(18)3)27-17(14-32-24(27)25-19)13-20(28)26-8-10-31-11-9-26/h6-7,12,14,22H,5,8-11,13H2,1-4H3. The summed E-state index contributed by atoms with van der Waals surface area (Å²) in [5, 5.41) is 2.79. The SMILES string of the molecule is CCC1=C(C(=O)OC)C(c2cc(C)ccc2C)N2C(CC(=O)N3CCOCC3)=CSC2=N1. The fraction of sp³-hybridized carbons (Fsp3) is 0.458. The first-order valence-corrected chi connectivity index (χ1v) is 11.8. The summed E-state index contributed by atoms with van der Waals surface area (Å²) < 4.78 is 10.6. The van der Waals surface area contributed by atoms with Crippen LogP contribution in [0.25, 0.3) is 0 Å². The predicted molar refractivity (Wildman–Crippen MR) is 125 cm³/mol. The third kappa shape index (κ3) is 4.21. The number of morpholine rings is 1. The number of esters is 1. The van der Waals surface area contributed by atoms with E-state index in [-0.39, 0.29) is 24.3 Å². The summed E-state index contributed by atoms with van der Waals surface area (Å²) in [4.78, 5) is 34.7. The number of hydrogen-bond donors (Lipinski definition) is 0. The van der Waals surface area contributed by atoms with E-state index in [1.54, 1.807) is 0 Å². The molecule has 0 aliphatic carbocycles. The number of methoxy groups -OCH3 is 1. The van der Waals surface area contributed by atoms with E-state index in [1.165, 1.54) is 18.9 Å². The minimum Gasteiger partial charge on any atom is -0.466 e. The molecule has 8 heteroatoms. The monoisotopic (exact) mass is 455 g/mol. The normalized spacial score (nSPS) is 20.7. The lowest BCUT2D eigenvalue weighted by Gasteiger charge is -2.38. The van der Waals surface area contributed by atoms with E-state index in [9.17, 15) is 9.59 Å². The second kappa shape index (κ2) is 9.50. The maximum Gasteiger partial charge on any atom is 0.338 e. The van der Waals surface area contributed by atoms with Gasteiger partial charge in [-0.2, -0.15) is 0 Å². The molecular weight excluding hydrogens is 426 g/mol. The Bertz CT molecular complexity index is 1020. The Balaban J connectivity index is 1.76. The Morgan fingerprint density at radius 2 is 2.00 bits per heavy atom. The smallest absolute Gasteiger partial charge is 0.338 e. The third-order valence-corrected chi connectivity index (χ3v) is 6.94. The van der Waals surface area contributed by atoms with Gasteiger partial charge in [0.1, 0.15) is 0 Å². The second-order valence-electron chi connectivity index (χ2n) is 8.13. The summed E-state index contributed by atoms with van der Waals surface area (Å²) in [5.41, 5.74) is 5.34. The number of fused-ring (bicyclic) bond motifs is 1. The lowest BCUT2D eigenvalue weighted by molar-refractivity contribution is -0.136. The van der Waals surface area contributed by atoms with Crippen molar-refractivity contribution in [2.45, 2.75) is 39.7 Å². The Morgan fingerprint density at radius 1 is 1.25 bits per heavy atom. The van der Waals surface area contributed by atoms with Gasteiger partial charge in [0.05, 0.1) is 44.1 Å². The van der Waals surface area contributed by atoms with Crippen molar-refractivity contribution in [2.75, 3.05) is 33.4 Å². The van der Waals surface area contributed by atoms with Crippen molar-refractivity contribution in [3.05, 3.63) is 57.3 Å². The number of carbonyl (C=O) groups is 2. The first kappa shape index (κ1) is 22.6. The van der Waals surface area contributed by atoms with Crippen LogP contribution in [0.1, 0.15) is 42.5 Å². The van der Waals surface area contributed by atoms with Crippen LogP contribution in [0.2, 0.25) is 0 Å². The molecule has 170 valence electrons. The highest BCUT2D eigenvalue weighted by Crippen LogP contribution is 2.46. The maximum atomic E-state index is 13.0. The Labute approximate surface area is 193 Å². The van der Waals surface area contributed by atoms with Crippen LogP contribution in [-0.2, 0) is 19.1 Å². The van der Waals surface area contributed by atoms with E-state index in [0.29, 0.717) is 38.3 Å². The first-order valence-electron chi connectivity index (χ1n) is 10.9. The van der Waals surface area contributed by atoms with Crippen LogP contribution in [0.3, 0.4) is 0 Å². The van der Waals surface area contributed by atoms with Crippen molar-refractivity contribution in [1.29, 1.82) is 0 Å². The Kier molecular flexibility index (Phi) is 6.71. The molecule has 0 saturated carbocycles. The minimum atomic E-state index is -0.386. The van der Waals surface area contributed by atoms with Crippen molar-refractivity contribution >= 4 is 28.8 Å². The van der Waals surface area contributed by atoms with Gasteiger partial charge in [0.25, 0.3) is 0 Å². The number of rotatable bonds is 5. The molecule has 3 aliphatic rings. The molecule has 7 nitrogen and oxygen atoms in total. The van der Waals surface area contributed by atoms with E-state index in [2.05, 4.69) is 23.1 Å². The number of amidine groups is 1. The van der Waals surface area contributed by atoms with Gasteiger partial charge in [0, 0.05) is 18.8 Å². The van der Waals surface area contributed by atoms with Gasteiger partial charge >= 0.3 is 5.97 Å². The molecule has 3 aliphatic heterocycles.